The second kappa shape index (κ2) is 7.19. The molecule has 1 aliphatic heterocycles. The third-order valence-corrected chi connectivity index (χ3v) is 4.00. The molecule has 0 radical (unpaired) electrons. The molecular weight excluding hydrogens is 360 g/mol. The molecule has 3 amide bonds. The summed E-state index contributed by atoms with van der Waals surface area (Å²) in [6, 6.07) is 9.59. The number of nitrogens with one attached hydrogen (secondary N) is 1. The van der Waals surface area contributed by atoms with Crippen molar-refractivity contribution in [2.45, 2.75) is 39.3 Å². The Kier molecular flexibility index (Phi) is 4.92. The minimum Gasteiger partial charge on any atom is -0.489 e. The number of hydrogen-bond acceptors (Lipinski definition) is 6. The van der Waals surface area contributed by atoms with Crippen molar-refractivity contribution in [3.63, 3.8) is 0 Å². The van der Waals surface area contributed by atoms with Crippen molar-refractivity contribution in [2.75, 3.05) is 4.90 Å². The molecule has 1 saturated heterocycles. The van der Waals surface area contributed by atoms with Crippen molar-refractivity contribution in [3.05, 3.63) is 42.1 Å². The zero-order valence-corrected chi connectivity index (χ0v) is 16.0. The molecule has 1 aliphatic rings. The number of rotatable bonds is 5. The van der Waals surface area contributed by atoms with Crippen molar-refractivity contribution >= 4 is 17.6 Å². The Hall–Kier alpha value is -3.60. The van der Waals surface area contributed by atoms with Crippen LogP contribution in [0.25, 0.3) is 0 Å². The van der Waals surface area contributed by atoms with Gasteiger partial charge >= 0.3 is 6.03 Å². The quantitative estimate of drug-likeness (QED) is 0.798. The number of aromatic nitrogens is 1. The normalized spacial score (nSPS) is 15.4. The Labute approximate surface area is 162 Å². The fraction of sp³-hybridized carbons (Fsp3) is 0.300. The molecule has 1 aromatic heterocycles. The largest absolute Gasteiger partial charge is 0.489 e. The van der Waals surface area contributed by atoms with Crippen LogP contribution in [0.4, 0.5) is 10.5 Å². The second-order valence-electron chi connectivity index (χ2n) is 7.09. The zero-order valence-electron chi connectivity index (χ0n) is 16.0. The van der Waals surface area contributed by atoms with Gasteiger partial charge in [0.25, 0.3) is 5.91 Å². The van der Waals surface area contributed by atoms with E-state index in [0.29, 0.717) is 22.7 Å². The molecule has 0 bridgehead atoms. The topological polar surface area (TPSA) is 105 Å². The predicted molar refractivity (Wildman–Crippen MR) is 101 cm³/mol. The smallest absolute Gasteiger partial charge is 0.329 e. The Bertz CT molecular complexity index is 961. The summed E-state index contributed by atoms with van der Waals surface area (Å²) in [7, 11) is 0. The van der Waals surface area contributed by atoms with Gasteiger partial charge in [0.15, 0.2) is 0 Å². The highest BCUT2D eigenvalue weighted by Crippen LogP contribution is 2.30. The fourth-order valence-electron chi connectivity index (χ4n) is 2.68. The number of anilines is 1. The molecule has 144 valence electrons. The van der Waals surface area contributed by atoms with E-state index in [9.17, 15) is 14.9 Å². The standard InChI is InChI=1S/C20H20N4O4/c1-12(2)27-16-9-15(7-5-13(16)10-21)28-17-8-6-14(11-22-17)24-18(25)20(3,4)23-19(24)26/h5-9,11-12H,1-4H3,(H,23,26). The Morgan fingerprint density at radius 2 is 1.96 bits per heavy atom. The minimum atomic E-state index is -0.957. The van der Waals surface area contributed by atoms with Gasteiger partial charge in [-0.1, -0.05) is 0 Å². The number of hydrogen-bond donors (Lipinski definition) is 1. The molecule has 2 heterocycles. The van der Waals surface area contributed by atoms with E-state index in [1.807, 2.05) is 13.8 Å². The lowest BCUT2D eigenvalue weighted by Crippen LogP contribution is -2.40. The lowest BCUT2D eigenvalue weighted by atomic mass is 10.1. The SMILES string of the molecule is CC(C)Oc1cc(Oc2ccc(N3C(=O)NC(C)(C)C3=O)cn2)ccc1C#N. The van der Waals surface area contributed by atoms with Crippen LogP contribution in [-0.2, 0) is 4.79 Å². The van der Waals surface area contributed by atoms with Crippen molar-refractivity contribution < 1.29 is 19.1 Å². The maximum Gasteiger partial charge on any atom is 0.329 e. The molecule has 3 rings (SSSR count). The summed E-state index contributed by atoms with van der Waals surface area (Å²) < 4.78 is 11.3. The van der Waals surface area contributed by atoms with Gasteiger partial charge in [0.05, 0.1) is 23.6 Å². The molecule has 0 saturated carbocycles. The van der Waals surface area contributed by atoms with E-state index in [1.54, 1.807) is 44.2 Å². The Balaban J connectivity index is 1.79. The number of urea groups is 1. The summed E-state index contributed by atoms with van der Waals surface area (Å²) in [5.41, 5.74) is -0.198. The van der Waals surface area contributed by atoms with E-state index in [0.717, 1.165) is 4.90 Å². The summed E-state index contributed by atoms with van der Waals surface area (Å²) in [6.45, 7) is 7.01. The van der Waals surface area contributed by atoms with Crippen LogP contribution in [-0.4, -0.2) is 28.6 Å². The first-order valence-electron chi connectivity index (χ1n) is 8.72. The molecule has 1 N–H and O–H groups in total. The first-order chi connectivity index (χ1) is 13.2. The van der Waals surface area contributed by atoms with Gasteiger partial charge in [-0.25, -0.2) is 14.7 Å². The summed E-state index contributed by atoms with van der Waals surface area (Å²) in [4.78, 5) is 29.6. The van der Waals surface area contributed by atoms with Gasteiger partial charge in [-0.15, -0.1) is 0 Å². The van der Waals surface area contributed by atoms with Gasteiger partial charge in [-0.05, 0) is 45.9 Å². The average molecular weight is 380 g/mol. The summed E-state index contributed by atoms with van der Waals surface area (Å²) in [5.74, 6) is 0.796. The van der Waals surface area contributed by atoms with Crippen LogP contribution in [0, 0.1) is 11.3 Å². The van der Waals surface area contributed by atoms with Crippen molar-refractivity contribution in [2.24, 2.45) is 0 Å². The maximum atomic E-state index is 12.3. The number of carbonyl (C=O) groups is 2. The molecule has 28 heavy (non-hydrogen) atoms. The molecule has 8 heteroatoms. The highest BCUT2D eigenvalue weighted by molar-refractivity contribution is 6.22. The third kappa shape index (κ3) is 3.74. The van der Waals surface area contributed by atoms with Crippen LogP contribution in [0.1, 0.15) is 33.3 Å². The summed E-state index contributed by atoms with van der Waals surface area (Å²) in [6.07, 6.45) is 1.30. The van der Waals surface area contributed by atoms with Crippen LogP contribution in [0.5, 0.6) is 17.4 Å². The van der Waals surface area contributed by atoms with E-state index >= 15 is 0 Å². The van der Waals surface area contributed by atoms with Crippen molar-refractivity contribution in [1.29, 1.82) is 5.26 Å². The highest BCUT2D eigenvalue weighted by Gasteiger charge is 2.45. The summed E-state index contributed by atoms with van der Waals surface area (Å²) >= 11 is 0. The molecule has 1 aromatic carbocycles. The van der Waals surface area contributed by atoms with Crippen LogP contribution < -0.4 is 19.7 Å². The number of pyridine rings is 1. The van der Waals surface area contributed by atoms with Crippen LogP contribution >= 0.6 is 0 Å². The number of imide groups is 1. The molecule has 2 aromatic rings. The van der Waals surface area contributed by atoms with Gasteiger partial charge in [-0.3, -0.25) is 4.79 Å². The second-order valence-corrected chi connectivity index (χ2v) is 7.09. The van der Waals surface area contributed by atoms with E-state index in [-0.39, 0.29) is 17.9 Å². The lowest BCUT2D eigenvalue weighted by molar-refractivity contribution is -0.121. The van der Waals surface area contributed by atoms with Crippen molar-refractivity contribution in [1.82, 2.24) is 10.3 Å². The van der Waals surface area contributed by atoms with Gasteiger partial charge in [0.2, 0.25) is 5.88 Å². The van der Waals surface area contributed by atoms with E-state index < -0.39 is 11.6 Å². The molecule has 8 nitrogen and oxygen atoms in total. The number of amides is 3. The molecule has 0 atom stereocenters. The van der Waals surface area contributed by atoms with Gasteiger partial charge in [0.1, 0.15) is 23.1 Å². The summed E-state index contributed by atoms with van der Waals surface area (Å²) in [5, 5.41) is 11.8. The van der Waals surface area contributed by atoms with Gasteiger partial charge in [0, 0.05) is 12.1 Å². The fourth-order valence-corrected chi connectivity index (χ4v) is 2.68. The number of benzene rings is 1. The third-order valence-electron chi connectivity index (χ3n) is 4.00. The molecule has 1 fully saturated rings. The Morgan fingerprint density at radius 1 is 1.21 bits per heavy atom. The molecule has 0 unspecified atom stereocenters. The van der Waals surface area contributed by atoms with Crippen LogP contribution in [0.3, 0.4) is 0 Å². The number of nitriles is 1. The molecule has 0 spiro atoms. The van der Waals surface area contributed by atoms with Crippen LogP contribution in [0.15, 0.2) is 36.5 Å². The monoisotopic (exact) mass is 380 g/mol. The van der Waals surface area contributed by atoms with E-state index in [4.69, 9.17) is 9.47 Å². The molecule has 0 aliphatic carbocycles. The minimum absolute atomic E-state index is 0.0897. The van der Waals surface area contributed by atoms with Crippen molar-refractivity contribution in [3.8, 4) is 23.4 Å². The van der Waals surface area contributed by atoms with Crippen LogP contribution in [0.2, 0.25) is 0 Å². The average Bonchev–Trinajstić information content (AvgIpc) is 2.83. The van der Waals surface area contributed by atoms with E-state index in [1.165, 1.54) is 6.20 Å². The molecular formula is C20H20N4O4. The Morgan fingerprint density at radius 3 is 2.50 bits per heavy atom. The number of ether oxygens (including phenoxy) is 2. The van der Waals surface area contributed by atoms with Gasteiger partial charge in [-0.2, -0.15) is 5.26 Å². The zero-order chi connectivity index (χ0) is 20.5. The number of nitrogens with zero attached hydrogens (tertiary/aromatic N) is 3. The predicted octanol–water partition coefficient (Wildman–Crippen LogP) is 3.37. The highest BCUT2D eigenvalue weighted by atomic mass is 16.5. The first kappa shape index (κ1) is 19.2. The van der Waals surface area contributed by atoms with E-state index in [2.05, 4.69) is 16.4 Å². The maximum absolute atomic E-state index is 12.3. The lowest BCUT2D eigenvalue weighted by Gasteiger charge is -2.16. The number of carbonyl (C=O) groups excluding carboxylic acids is 2. The van der Waals surface area contributed by atoms with Gasteiger partial charge < -0.3 is 14.8 Å². The first-order valence-corrected chi connectivity index (χ1v) is 8.72.